The van der Waals surface area contributed by atoms with Gasteiger partial charge in [0.1, 0.15) is 29.8 Å². The molecule has 0 saturated carbocycles. The number of nitriles is 1. The van der Waals surface area contributed by atoms with Crippen molar-refractivity contribution in [1.82, 2.24) is 5.32 Å². The molecule has 1 heterocycles. The highest BCUT2D eigenvalue weighted by Gasteiger charge is 2.11. The molecule has 2 aromatic carbocycles. The van der Waals surface area contributed by atoms with E-state index in [1.165, 1.54) is 24.5 Å². The fourth-order valence-corrected chi connectivity index (χ4v) is 3.13. The largest absolute Gasteiger partial charge is 0.488 e. The fourth-order valence-electron chi connectivity index (χ4n) is 2.62. The minimum absolute atomic E-state index is 0.0364. The number of nitrogens with one attached hydrogen (secondary N) is 1. The molecule has 0 radical (unpaired) electrons. The van der Waals surface area contributed by atoms with Crippen molar-refractivity contribution in [2.75, 3.05) is 0 Å². The van der Waals surface area contributed by atoms with E-state index in [9.17, 15) is 14.9 Å². The lowest BCUT2D eigenvalue weighted by atomic mass is 10.1. The molecule has 0 spiro atoms. The van der Waals surface area contributed by atoms with E-state index < -0.39 is 11.9 Å². The molecule has 2 N–H and O–H groups in total. The van der Waals surface area contributed by atoms with Crippen LogP contribution in [0.15, 0.2) is 75.3 Å². The van der Waals surface area contributed by atoms with Gasteiger partial charge >= 0.3 is 5.97 Å². The van der Waals surface area contributed by atoms with Gasteiger partial charge in [-0.2, -0.15) is 5.26 Å². The smallest absolute Gasteiger partial charge is 0.335 e. The lowest BCUT2D eigenvalue weighted by molar-refractivity contribution is -0.117. The molecular formula is C23H17BrN2O5. The molecule has 0 unspecified atom stereocenters. The zero-order chi connectivity index (χ0) is 22.2. The van der Waals surface area contributed by atoms with Gasteiger partial charge in [-0.15, -0.1) is 0 Å². The van der Waals surface area contributed by atoms with E-state index in [-0.39, 0.29) is 24.3 Å². The lowest BCUT2D eigenvalue weighted by Gasteiger charge is -2.09. The van der Waals surface area contributed by atoms with Crippen LogP contribution in [0.25, 0.3) is 6.08 Å². The van der Waals surface area contributed by atoms with E-state index >= 15 is 0 Å². The van der Waals surface area contributed by atoms with Gasteiger partial charge in [0.05, 0.1) is 22.8 Å². The Balaban J connectivity index is 1.63. The van der Waals surface area contributed by atoms with E-state index in [0.717, 1.165) is 5.56 Å². The molecule has 1 amide bonds. The maximum Gasteiger partial charge on any atom is 0.335 e. The van der Waals surface area contributed by atoms with Gasteiger partial charge in [0.2, 0.25) is 0 Å². The third-order valence-corrected chi connectivity index (χ3v) is 4.85. The van der Waals surface area contributed by atoms with Gasteiger partial charge in [-0.25, -0.2) is 4.79 Å². The summed E-state index contributed by atoms with van der Waals surface area (Å²) in [5.74, 6) is -0.321. The SMILES string of the molecule is N#C/C(=C/c1ccc(OCc2ccc(C(=O)O)cc2)c(Br)c1)C(=O)NCc1ccco1. The molecular weight excluding hydrogens is 464 g/mol. The van der Waals surface area contributed by atoms with Gasteiger partial charge in [-0.1, -0.05) is 18.2 Å². The van der Waals surface area contributed by atoms with Crippen molar-refractivity contribution in [3.8, 4) is 11.8 Å². The molecule has 7 nitrogen and oxygen atoms in total. The Morgan fingerprint density at radius 3 is 2.58 bits per heavy atom. The first-order chi connectivity index (χ1) is 15.0. The topological polar surface area (TPSA) is 113 Å². The molecule has 156 valence electrons. The summed E-state index contributed by atoms with van der Waals surface area (Å²) in [6.45, 7) is 0.446. The molecule has 0 aliphatic rings. The van der Waals surface area contributed by atoms with Crippen molar-refractivity contribution in [1.29, 1.82) is 5.26 Å². The quantitative estimate of drug-likeness (QED) is 0.361. The first-order valence-corrected chi connectivity index (χ1v) is 9.92. The summed E-state index contributed by atoms with van der Waals surface area (Å²) in [6.07, 6.45) is 2.99. The summed E-state index contributed by atoms with van der Waals surface area (Å²) in [5, 5.41) is 20.9. The van der Waals surface area contributed by atoms with Crippen LogP contribution in [0.4, 0.5) is 0 Å². The number of amides is 1. The van der Waals surface area contributed by atoms with E-state index in [4.69, 9.17) is 14.3 Å². The highest BCUT2D eigenvalue weighted by atomic mass is 79.9. The zero-order valence-corrected chi connectivity index (χ0v) is 17.8. The van der Waals surface area contributed by atoms with Crippen molar-refractivity contribution >= 4 is 33.9 Å². The molecule has 0 saturated heterocycles. The Bertz CT molecular complexity index is 1150. The molecule has 31 heavy (non-hydrogen) atoms. The van der Waals surface area contributed by atoms with Crippen molar-refractivity contribution in [2.45, 2.75) is 13.2 Å². The minimum Gasteiger partial charge on any atom is -0.488 e. The number of hydrogen-bond donors (Lipinski definition) is 2. The molecule has 8 heteroatoms. The molecule has 3 rings (SSSR count). The average molecular weight is 481 g/mol. The van der Waals surface area contributed by atoms with Gasteiger partial charge in [0, 0.05) is 0 Å². The summed E-state index contributed by atoms with van der Waals surface area (Å²) in [5.41, 5.74) is 1.64. The number of halogens is 1. The number of benzene rings is 2. The molecule has 0 atom stereocenters. The number of hydrogen-bond acceptors (Lipinski definition) is 5. The minimum atomic E-state index is -0.981. The maximum atomic E-state index is 12.2. The van der Waals surface area contributed by atoms with Crippen LogP contribution in [0.5, 0.6) is 5.75 Å². The summed E-state index contributed by atoms with van der Waals surface area (Å²) in [4.78, 5) is 23.1. The van der Waals surface area contributed by atoms with Crippen molar-refractivity contribution in [3.63, 3.8) is 0 Å². The molecule has 1 aromatic heterocycles. The third-order valence-electron chi connectivity index (χ3n) is 4.23. The standard InChI is InChI=1S/C23H17BrN2O5/c24-20-11-16(10-18(12-25)22(27)26-13-19-2-1-9-30-19)5-8-21(20)31-14-15-3-6-17(7-4-15)23(28)29/h1-11H,13-14H2,(H,26,27)(H,28,29)/b18-10-. The third kappa shape index (κ3) is 6.07. The summed E-state index contributed by atoms with van der Waals surface area (Å²) in [6, 6.07) is 16.9. The second-order valence-electron chi connectivity index (χ2n) is 6.41. The second-order valence-corrected chi connectivity index (χ2v) is 7.27. The first kappa shape index (κ1) is 21.9. The van der Waals surface area contributed by atoms with Gasteiger partial charge in [0.25, 0.3) is 5.91 Å². The van der Waals surface area contributed by atoms with Crippen LogP contribution in [-0.2, 0) is 17.9 Å². The zero-order valence-electron chi connectivity index (χ0n) is 16.2. The predicted octanol–water partition coefficient (Wildman–Crippen LogP) is 4.54. The second kappa shape index (κ2) is 10.3. The Kier molecular flexibility index (Phi) is 7.25. The van der Waals surface area contributed by atoms with Crippen molar-refractivity contribution in [2.24, 2.45) is 0 Å². The number of carbonyl (C=O) groups is 2. The summed E-state index contributed by atoms with van der Waals surface area (Å²) < 4.78 is 11.6. The van der Waals surface area contributed by atoms with Crippen LogP contribution in [0, 0.1) is 11.3 Å². The van der Waals surface area contributed by atoms with E-state index in [1.807, 2.05) is 6.07 Å². The number of carboxylic acid groups (broad SMARTS) is 1. The van der Waals surface area contributed by atoms with Gasteiger partial charge < -0.3 is 19.6 Å². The molecule has 0 aliphatic heterocycles. The number of carboxylic acids is 1. The van der Waals surface area contributed by atoms with Crippen LogP contribution >= 0.6 is 15.9 Å². The normalized spacial score (nSPS) is 10.9. The van der Waals surface area contributed by atoms with Crippen LogP contribution < -0.4 is 10.1 Å². The van der Waals surface area contributed by atoms with Crippen molar-refractivity contribution in [3.05, 3.63) is 93.4 Å². The number of nitrogens with zero attached hydrogens (tertiary/aromatic N) is 1. The van der Waals surface area contributed by atoms with Gasteiger partial charge in [-0.3, -0.25) is 4.79 Å². The Hall–Kier alpha value is -3.83. The molecule has 0 bridgehead atoms. The average Bonchev–Trinajstić information content (AvgIpc) is 3.29. The van der Waals surface area contributed by atoms with Gasteiger partial charge in [0.15, 0.2) is 0 Å². The monoisotopic (exact) mass is 480 g/mol. The van der Waals surface area contributed by atoms with Gasteiger partial charge in [-0.05, 0) is 69.5 Å². The Morgan fingerprint density at radius 1 is 1.19 bits per heavy atom. The van der Waals surface area contributed by atoms with E-state index in [2.05, 4.69) is 21.2 Å². The van der Waals surface area contributed by atoms with Crippen molar-refractivity contribution < 1.29 is 23.8 Å². The number of furan rings is 1. The first-order valence-electron chi connectivity index (χ1n) is 9.13. The number of ether oxygens (including phenoxy) is 1. The number of carbonyl (C=O) groups excluding carboxylic acids is 1. The van der Waals surface area contributed by atoms with Crippen LogP contribution in [0.1, 0.15) is 27.2 Å². The summed E-state index contributed by atoms with van der Waals surface area (Å²) >= 11 is 3.43. The molecule has 3 aromatic rings. The highest BCUT2D eigenvalue weighted by molar-refractivity contribution is 9.10. The molecule has 0 aliphatic carbocycles. The number of rotatable bonds is 8. The predicted molar refractivity (Wildman–Crippen MR) is 116 cm³/mol. The Labute approximate surface area is 186 Å². The lowest BCUT2D eigenvalue weighted by Crippen LogP contribution is -2.23. The highest BCUT2D eigenvalue weighted by Crippen LogP contribution is 2.28. The summed E-state index contributed by atoms with van der Waals surface area (Å²) in [7, 11) is 0. The van der Waals surface area contributed by atoms with E-state index in [0.29, 0.717) is 21.5 Å². The van der Waals surface area contributed by atoms with Crippen LogP contribution in [0.3, 0.4) is 0 Å². The van der Waals surface area contributed by atoms with E-state index in [1.54, 1.807) is 42.5 Å². The Morgan fingerprint density at radius 2 is 1.97 bits per heavy atom. The maximum absolute atomic E-state index is 12.2. The molecule has 0 fully saturated rings. The van der Waals surface area contributed by atoms with Crippen LogP contribution in [0.2, 0.25) is 0 Å². The fraction of sp³-hybridized carbons (Fsp3) is 0.0870. The van der Waals surface area contributed by atoms with Crippen LogP contribution in [-0.4, -0.2) is 17.0 Å². The number of aromatic carboxylic acids is 1.